The van der Waals surface area contributed by atoms with Crippen LogP contribution < -0.4 is 10.2 Å². The molecule has 138 valence electrons. The molecule has 0 spiro atoms. The predicted octanol–water partition coefficient (Wildman–Crippen LogP) is 5.14. The maximum Gasteiger partial charge on any atom is 0.262 e. The summed E-state index contributed by atoms with van der Waals surface area (Å²) in [5.41, 5.74) is 0.846. The largest absolute Gasteiger partial charge is 0.354 e. The first-order valence-electron chi connectivity index (χ1n) is 8.18. The number of benzene rings is 1. The van der Waals surface area contributed by atoms with Gasteiger partial charge >= 0.3 is 0 Å². The molecule has 1 amide bonds. The van der Waals surface area contributed by atoms with Crippen LogP contribution in [0, 0.1) is 5.82 Å². The second kappa shape index (κ2) is 7.38. The Morgan fingerprint density at radius 2 is 1.96 bits per heavy atom. The molecule has 0 unspecified atom stereocenters. The first-order chi connectivity index (χ1) is 13.0. The number of hydrogen-bond acceptors (Lipinski definition) is 6. The molecule has 4 nitrogen and oxygen atoms in total. The number of halogens is 1. The third-order valence-corrected chi connectivity index (χ3v) is 7.26. The van der Waals surface area contributed by atoms with Crippen LogP contribution in [0.2, 0.25) is 0 Å². The van der Waals surface area contributed by atoms with Gasteiger partial charge in [0.25, 0.3) is 5.91 Å². The summed E-state index contributed by atoms with van der Waals surface area (Å²) in [7, 11) is 3.90. The summed E-state index contributed by atoms with van der Waals surface area (Å²) < 4.78 is 14.3. The number of carbonyl (C=O) groups is 1. The SMILES string of the molecule is CN(C)c1nc2sc(C(=O)N[C@@H](c3ccc(F)cc3)c3cccs3)cc2s1. The minimum atomic E-state index is -0.316. The highest BCUT2D eigenvalue weighted by atomic mass is 32.1. The molecule has 3 aromatic heterocycles. The molecule has 1 N–H and O–H groups in total. The van der Waals surface area contributed by atoms with Crippen molar-refractivity contribution in [1.82, 2.24) is 10.3 Å². The number of nitrogens with zero attached hydrogens (tertiary/aromatic N) is 2. The Balaban J connectivity index is 1.61. The lowest BCUT2D eigenvalue weighted by Crippen LogP contribution is -2.28. The molecule has 0 saturated carbocycles. The molecule has 1 atom stereocenters. The van der Waals surface area contributed by atoms with Gasteiger partial charge in [-0.15, -0.1) is 22.7 Å². The normalized spacial score (nSPS) is 12.3. The average molecular weight is 418 g/mol. The van der Waals surface area contributed by atoms with E-state index in [4.69, 9.17) is 0 Å². The number of hydrogen-bond donors (Lipinski definition) is 1. The van der Waals surface area contributed by atoms with Gasteiger partial charge in [-0.3, -0.25) is 4.79 Å². The number of aromatic nitrogens is 1. The molecule has 0 bridgehead atoms. The molecule has 0 radical (unpaired) electrons. The van der Waals surface area contributed by atoms with Gasteiger partial charge in [0.1, 0.15) is 10.6 Å². The first-order valence-corrected chi connectivity index (χ1v) is 10.7. The van der Waals surface area contributed by atoms with Gasteiger partial charge in [-0.05, 0) is 35.2 Å². The van der Waals surface area contributed by atoms with Gasteiger partial charge in [0.15, 0.2) is 5.13 Å². The lowest BCUT2D eigenvalue weighted by atomic mass is 10.1. The van der Waals surface area contributed by atoms with Gasteiger partial charge in [-0.2, -0.15) is 0 Å². The fourth-order valence-electron chi connectivity index (χ4n) is 2.66. The summed E-state index contributed by atoms with van der Waals surface area (Å²) in [6.07, 6.45) is 0. The van der Waals surface area contributed by atoms with Crippen LogP contribution in [-0.4, -0.2) is 25.0 Å². The van der Waals surface area contributed by atoms with E-state index in [-0.39, 0.29) is 17.8 Å². The summed E-state index contributed by atoms with van der Waals surface area (Å²) in [6, 6.07) is 11.7. The highest BCUT2D eigenvalue weighted by Crippen LogP contribution is 2.34. The molecule has 0 aliphatic rings. The molecule has 4 rings (SSSR count). The van der Waals surface area contributed by atoms with Crippen molar-refractivity contribution in [2.24, 2.45) is 0 Å². The molecule has 8 heteroatoms. The zero-order valence-electron chi connectivity index (χ0n) is 14.6. The van der Waals surface area contributed by atoms with E-state index in [1.807, 2.05) is 42.6 Å². The monoisotopic (exact) mass is 417 g/mol. The van der Waals surface area contributed by atoms with Gasteiger partial charge in [-0.25, -0.2) is 9.37 Å². The van der Waals surface area contributed by atoms with Crippen LogP contribution in [0.3, 0.4) is 0 Å². The van der Waals surface area contributed by atoms with Crippen LogP contribution >= 0.6 is 34.0 Å². The minimum absolute atomic E-state index is 0.153. The smallest absolute Gasteiger partial charge is 0.262 e. The maximum absolute atomic E-state index is 13.3. The van der Waals surface area contributed by atoms with Gasteiger partial charge in [0.05, 0.1) is 15.6 Å². The van der Waals surface area contributed by atoms with E-state index in [0.29, 0.717) is 4.88 Å². The number of thiophene rings is 2. The van der Waals surface area contributed by atoms with Gasteiger partial charge in [0, 0.05) is 19.0 Å². The number of fused-ring (bicyclic) bond motifs is 1. The van der Waals surface area contributed by atoms with Crippen molar-refractivity contribution in [3.05, 3.63) is 69.0 Å². The number of carbonyl (C=O) groups excluding carboxylic acids is 1. The van der Waals surface area contributed by atoms with E-state index in [1.165, 1.54) is 23.5 Å². The minimum Gasteiger partial charge on any atom is -0.354 e. The van der Waals surface area contributed by atoms with Crippen LogP contribution in [0.15, 0.2) is 47.8 Å². The Morgan fingerprint density at radius 1 is 1.19 bits per heavy atom. The van der Waals surface area contributed by atoms with Crippen molar-refractivity contribution >= 4 is 54.6 Å². The average Bonchev–Trinajstić information content (AvgIpc) is 3.36. The van der Waals surface area contributed by atoms with E-state index in [1.54, 1.807) is 34.8 Å². The van der Waals surface area contributed by atoms with Crippen LogP contribution in [0.5, 0.6) is 0 Å². The highest BCUT2D eigenvalue weighted by Gasteiger charge is 2.21. The Hall–Kier alpha value is -2.29. The molecule has 0 aliphatic carbocycles. The Kier molecular flexibility index (Phi) is 4.94. The van der Waals surface area contributed by atoms with Gasteiger partial charge in [0.2, 0.25) is 0 Å². The lowest BCUT2D eigenvalue weighted by Gasteiger charge is -2.17. The van der Waals surface area contributed by atoms with Crippen molar-refractivity contribution in [1.29, 1.82) is 0 Å². The summed E-state index contributed by atoms with van der Waals surface area (Å²) in [6.45, 7) is 0. The second-order valence-electron chi connectivity index (χ2n) is 6.14. The molecule has 27 heavy (non-hydrogen) atoms. The summed E-state index contributed by atoms with van der Waals surface area (Å²) in [4.78, 5) is 21.9. The van der Waals surface area contributed by atoms with E-state index in [2.05, 4.69) is 10.3 Å². The van der Waals surface area contributed by atoms with Crippen LogP contribution in [-0.2, 0) is 0 Å². The topological polar surface area (TPSA) is 45.2 Å². The molecule has 0 saturated heterocycles. The van der Waals surface area contributed by atoms with Crippen molar-refractivity contribution in [3.8, 4) is 0 Å². The molecule has 1 aromatic carbocycles. The predicted molar refractivity (Wildman–Crippen MR) is 112 cm³/mol. The molecule has 0 fully saturated rings. The molecule has 3 heterocycles. The number of amides is 1. The Morgan fingerprint density at radius 3 is 2.59 bits per heavy atom. The summed E-state index contributed by atoms with van der Waals surface area (Å²) in [5, 5.41) is 5.97. The van der Waals surface area contributed by atoms with Gasteiger partial charge < -0.3 is 10.2 Å². The fraction of sp³-hybridized carbons (Fsp3) is 0.158. The summed E-state index contributed by atoms with van der Waals surface area (Å²) >= 11 is 4.51. The molecular weight excluding hydrogens is 401 g/mol. The van der Waals surface area contributed by atoms with Crippen molar-refractivity contribution < 1.29 is 9.18 Å². The van der Waals surface area contributed by atoms with Crippen molar-refractivity contribution in [3.63, 3.8) is 0 Å². The van der Waals surface area contributed by atoms with E-state index in [0.717, 1.165) is 25.1 Å². The standard InChI is InChI=1S/C19H16FN3OS3/c1-23(2)19-22-18-15(27-19)10-14(26-18)17(24)21-16(13-4-3-9-25-13)11-5-7-12(20)8-6-11/h3-10,16H,1-2H3,(H,21,24)/t16-/m0/s1. The lowest BCUT2D eigenvalue weighted by molar-refractivity contribution is 0.0947. The number of rotatable bonds is 5. The number of anilines is 1. The molecule has 4 aromatic rings. The zero-order valence-corrected chi connectivity index (χ0v) is 17.1. The van der Waals surface area contributed by atoms with E-state index in [9.17, 15) is 9.18 Å². The quantitative estimate of drug-likeness (QED) is 0.489. The summed E-state index contributed by atoms with van der Waals surface area (Å²) in [5.74, 6) is -0.449. The Labute approximate surface area is 167 Å². The van der Waals surface area contributed by atoms with E-state index >= 15 is 0 Å². The number of thiazole rings is 1. The third-order valence-electron chi connectivity index (χ3n) is 3.99. The van der Waals surface area contributed by atoms with Crippen LogP contribution in [0.25, 0.3) is 9.53 Å². The van der Waals surface area contributed by atoms with Crippen molar-refractivity contribution in [2.75, 3.05) is 19.0 Å². The van der Waals surface area contributed by atoms with Crippen LogP contribution in [0.4, 0.5) is 9.52 Å². The third kappa shape index (κ3) is 3.73. The van der Waals surface area contributed by atoms with Crippen LogP contribution in [0.1, 0.15) is 26.2 Å². The fourth-order valence-corrected chi connectivity index (χ4v) is 5.50. The highest BCUT2D eigenvalue weighted by molar-refractivity contribution is 7.29. The second-order valence-corrected chi connectivity index (χ2v) is 9.16. The van der Waals surface area contributed by atoms with Gasteiger partial charge in [-0.1, -0.05) is 29.5 Å². The first kappa shape index (κ1) is 18.1. The molecular formula is C19H16FN3OS3. The zero-order chi connectivity index (χ0) is 19.0. The van der Waals surface area contributed by atoms with E-state index < -0.39 is 0 Å². The Bertz CT molecular complexity index is 1040. The molecule has 0 aliphatic heterocycles. The maximum atomic E-state index is 13.3. The van der Waals surface area contributed by atoms with Crippen molar-refractivity contribution in [2.45, 2.75) is 6.04 Å². The number of nitrogens with one attached hydrogen (secondary N) is 1.